The van der Waals surface area contributed by atoms with Crippen molar-refractivity contribution < 1.29 is 27.9 Å². The number of amides is 1. The van der Waals surface area contributed by atoms with Crippen LogP contribution in [0.3, 0.4) is 0 Å². The Morgan fingerprint density at radius 2 is 1.69 bits per heavy atom. The zero-order chi connectivity index (χ0) is 20.9. The predicted octanol–water partition coefficient (Wildman–Crippen LogP) is 1.82. The third-order valence-electron chi connectivity index (χ3n) is 5.60. The Hall–Kier alpha value is -3.00. The summed E-state index contributed by atoms with van der Waals surface area (Å²) in [4.78, 5) is 40.0. The van der Waals surface area contributed by atoms with Crippen molar-refractivity contribution in [3.63, 3.8) is 0 Å². The van der Waals surface area contributed by atoms with E-state index >= 15 is 0 Å². The van der Waals surface area contributed by atoms with Gasteiger partial charge in [0, 0.05) is 41.6 Å². The summed E-state index contributed by atoms with van der Waals surface area (Å²) in [5.41, 5.74) is 0.639. The summed E-state index contributed by atoms with van der Waals surface area (Å²) < 4.78 is 23.4. The van der Waals surface area contributed by atoms with Gasteiger partial charge in [-0.1, -0.05) is 12.1 Å². The summed E-state index contributed by atoms with van der Waals surface area (Å²) >= 11 is 0. The highest BCUT2D eigenvalue weighted by Gasteiger charge is 2.34. The molecule has 2 aliphatic rings. The monoisotopic (exact) mass is 413 g/mol. The van der Waals surface area contributed by atoms with Crippen molar-refractivity contribution >= 4 is 27.3 Å². The minimum atomic E-state index is -3.14. The van der Waals surface area contributed by atoms with Crippen LogP contribution in [0.5, 0.6) is 5.75 Å². The van der Waals surface area contributed by atoms with Gasteiger partial charge in [-0.2, -0.15) is 0 Å². The highest BCUT2D eigenvalue weighted by molar-refractivity contribution is 7.91. The summed E-state index contributed by atoms with van der Waals surface area (Å²) in [5.74, 6) is -1.43. The molecule has 8 heteroatoms. The smallest absolute Gasteiger partial charge is 0.253 e. The van der Waals surface area contributed by atoms with Crippen molar-refractivity contribution in [2.75, 3.05) is 19.3 Å². The zero-order valence-corrected chi connectivity index (χ0v) is 16.5. The van der Waals surface area contributed by atoms with Crippen LogP contribution in [0.4, 0.5) is 0 Å². The number of sulfone groups is 1. The van der Waals surface area contributed by atoms with Crippen LogP contribution < -0.4 is 0 Å². The molecule has 0 radical (unpaired) electrons. The molecule has 0 spiro atoms. The van der Waals surface area contributed by atoms with Crippen LogP contribution in [0.2, 0.25) is 0 Å². The van der Waals surface area contributed by atoms with Crippen molar-refractivity contribution in [3.8, 4) is 5.75 Å². The fourth-order valence-electron chi connectivity index (χ4n) is 3.98. The molecule has 29 heavy (non-hydrogen) atoms. The van der Waals surface area contributed by atoms with Gasteiger partial charge in [-0.15, -0.1) is 0 Å². The zero-order valence-electron chi connectivity index (χ0n) is 15.7. The quantitative estimate of drug-likeness (QED) is 0.686. The number of carbonyl (C=O) groups is 3. The van der Waals surface area contributed by atoms with Gasteiger partial charge >= 0.3 is 0 Å². The largest absolute Gasteiger partial charge is 0.507 e. The van der Waals surface area contributed by atoms with Gasteiger partial charge in [0.05, 0.1) is 10.8 Å². The molecule has 0 bridgehead atoms. The lowest BCUT2D eigenvalue weighted by atomic mass is 9.83. The van der Waals surface area contributed by atoms with Crippen LogP contribution in [0.15, 0.2) is 36.4 Å². The first-order valence-electron chi connectivity index (χ1n) is 9.22. The van der Waals surface area contributed by atoms with Crippen LogP contribution in [0.1, 0.15) is 55.0 Å². The average Bonchev–Trinajstić information content (AvgIpc) is 2.70. The molecule has 1 saturated heterocycles. The van der Waals surface area contributed by atoms with Crippen molar-refractivity contribution in [1.29, 1.82) is 0 Å². The number of carbonyl (C=O) groups excluding carboxylic acids is 3. The highest BCUT2D eigenvalue weighted by Crippen LogP contribution is 2.33. The van der Waals surface area contributed by atoms with Gasteiger partial charge in [0.1, 0.15) is 15.6 Å². The summed E-state index contributed by atoms with van der Waals surface area (Å²) in [5, 5.41) is 9.54. The van der Waals surface area contributed by atoms with Crippen LogP contribution in [0.25, 0.3) is 0 Å². The van der Waals surface area contributed by atoms with Crippen molar-refractivity contribution in [2.45, 2.75) is 18.1 Å². The summed E-state index contributed by atoms with van der Waals surface area (Å²) in [6.07, 6.45) is 1.95. The van der Waals surface area contributed by atoms with E-state index in [9.17, 15) is 27.9 Å². The number of phenolic OH excluding ortho intramolecular Hbond substituents is 1. The van der Waals surface area contributed by atoms with Crippen molar-refractivity contribution in [3.05, 3.63) is 64.2 Å². The first-order chi connectivity index (χ1) is 13.7. The molecule has 0 aromatic heterocycles. The topological polar surface area (TPSA) is 109 Å². The maximum atomic E-state index is 12.9. The molecule has 7 nitrogen and oxygen atoms in total. The molecule has 2 aromatic carbocycles. The maximum Gasteiger partial charge on any atom is 0.253 e. The van der Waals surface area contributed by atoms with E-state index in [1.807, 2.05) is 0 Å². The summed E-state index contributed by atoms with van der Waals surface area (Å²) in [7, 11) is -3.14. The van der Waals surface area contributed by atoms with Gasteiger partial charge in [-0.05, 0) is 37.1 Å². The molecule has 1 amide bonds. The molecule has 0 saturated carbocycles. The molecular formula is C21H19NO6S. The number of ketones is 2. The molecule has 1 aliphatic heterocycles. The number of likely N-dealkylation sites (tertiary alicyclic amines) is 1. The van der Waals surface area contributed by atoms with Gasteiger partial charge in [0.25, 0.3) is 5.91 Å². The van der Waals surface area contributed by atoms with Crippen molar-refractivity contribution in [1.82, 2.24) is 4.90 Å². The third kappa shape index (κ3) is 3.23. The number of hydrogen-bond donors (Lipinski definition) is 1. The number of phenols is 1. The Morgan fingerprint density at radius 1 is 1.00 bits per heavy atom. The van der Waals surface area contributed by atoms with E-state index in [4.69, 9.17) is 0 Å². The van der Waals surface area contributed by atoms with E-state index in [0.29, 0.717) is 25.9 Å². The molecule has 1 aliphatic carbocycles. The van der Waals surface area contributed by atoms with E-state index in [2.05, 4.69) is 0 Å². The van der Waals surface area contributed by atoms with Crippen LogP contribution in [-0.2, 0) is 9.84 Å². The minimum absolute atomic E-state index is 0.0214. The summed E-state index contributed by atoms with van der Waals surface area (Å²) in [6, 6.07) is 8.65. The minimum Gasteiger partial charge on any atom is -0.507 e. The van der Waals surface area contributed by atoms with Crippen LogP contribution in [0, 0.1) is 0 Å². The number of nitrogens with zero attached hydrogens (tertiary/aromatic N) is 1. The molecule has 2 aromatic rings. The Labute approximate surface area is 167 Å². The van der Waals surface area contributed by atoms with E-state index in [-0.39, 0.29) is 39.5 Å². The van der Waals surface area contributed by atoms with E-state index in [1.165, 1.54) is 42.7 Å². The summed E-state index contributed by atoms with van der Waals surface area (Å²) in [6.45, 7) is 0.633. The lowest BCUT2D eigenvalue weighted by Crippen LogP contribution is -2.42. The lowest BCUT2D eigenvalue weighted by Gasteiger charge is -2.31. The number of fused-ring (bicyclic) bond motifs is 2. The average molecular weight is 413 g/mol. The molecule has 4 rings (SSSR count). The standard InChI is InChI=1S/C21H19NO6S/c1-29(27,28)13-7-9-22(10-8-13)21(26)12-5-6-14-16(11-12)19(24)15-3-2-4-17(23)18(15)20(14)25/h2-6,11,13,23H,7-10H2,1H3. The lowest BCUT2D eigenvalue weighted by molar-refractivity contribution is 0.0725. The van der Waals surface area contributed by atoms with Crippen LogP contribution >= 0.6 is 0 Å². The fraction of sp³-hybridized carbons (Fsp3) is 0.286. The highest BCUT2D eigenvalue weighted by atomic mass is 32.2. The number of rotatable bonds is 2. The first-order valence-corrected chi connectivity index (χ1v) is 11.2. The molecule has 0 atom stereocenters. The Kier molecular flexibility index (Phi) is 4.53. The van der Waals surface area contributed by atoms with Crippen molar-refractivity contribution in [2.24, 2.45) is 0 Å². The second-order valence-electron chi connectivity index (χ2n) is 7.44. The second kappa shape index (κ2) is 6.81. The third-order valence-corrected chi connectivity index (χ3v) is 7.29. The molecule has 150 valence electrons. The SMILES string of the molecule is CS(=O)(=O)C1CCN(C(=O)c2ccc3c(c2)C(=O)c2cccc(O)c2C3=O)CC1. The van der Waals surface area contributed by atoms with Gasteiger partial charge in [0.15, 0.2) is 11.6 Å². The predicted molar refractivity (Wildman–Crippen MR) is 105 cm³/mol. The normalized spacial score (nSPS) is 17.1. The number of aromatic hydroxyl groups is 1. The van der Waals surface area contributed by atoms with Crippen LogP contribution in [-0.4, -0.2) is 60.5 Å². The number of benzene rings is 2. The Morgan fingerprint density at radius 3 is 2.34 bits per heavy atom. The molecule has 0 unspecified atom stereocenters. The Bertz CT molecular complexity index is 1160. The molecular weight excluding hydrogens is 394 g/mol. The second-order valence-corrected chi connectivity index (χ2v) is 9.77. The van der Waals surface area contributed by atoms with E-state index in [0.717, 1.165) is 0 Å². The Balaban J connectivity index is 1.63. The van der Waals surface area contributed by atoms with Gasteiger partial charge in [-0.3, -0.25) is 14.4 Å². The first kappa shape index (κ1) is 19.3. The molecule has 1 fully saturated rings. The fourth-order valence-corrected chi connectivity index (χ4v) is 5.05. The molecule has 1 heterocycles. The van der Waals surface area contributed by atoms with Gasteiger partial charge < -0.3 is 10.0 Å². The maximum absolute atomic E-state index is 12.9. The van der Waals surface area contributed by atoms with Gasteiger partial charge in [0.2, 0.25) is 0 Å². The number of piperidine rings is 1. The number of hydrogen-bond acceptors (Lipinski definition) is 6. The van der Waals surface area contributed by atoms with E-state index in [1.54, 1.807) is 4.90 Å². The molecule has 1 N–H and O–H groups in total. The van der Waals surface area contributed by atoms with E-state index < -0.39 is 26.7 Å². The van der Waals surface area contributed by atoms with Gasteiger partial charge in [-0.25, -0.2) is 8.42 Å².